The van der Waals surface area contributed by atoms with E-state index in [2.05, 4.69) is 37.2 Å². The first-order valence-corrected chi connectivity index (χ1v) is 11.6. The zero-order valence-corrected chi connectivity index (χ0v) is 21.5. The molecule has 0 bridgehead atoms. The van der Waals surface area contributed by atoms with E-state index in [9.17, 15) is 9.18 Å². The van der Waals surface area contributed by atoms with E-state index in [0.29, 0.717) is 43.6 Å². The summed E-state index contributed by atoms with van der Waals surface area (Å²) in [5, 5.41) is 3.19. The Balaban J connectivity index is 0.00000341. The third-order valence-electron chi connectivity index (χ3n) is 5.81. The fourth-order valence-electron chi connectivity index (χ4n) is 4.19. The van der Waals surface area contributed by atoms with Crippen molar-refractivity contribution >= 4 is 50.2 Å². The summed E-state index contributed by atoms with van der Waals surface area (Å²) in [4.78, 5) is 14.7. The molecule has 1 aliphatic heterocycles. The van der Waals surface area contributed by atoms with E-state index >= 15 is 4.39 Å². The van der Waals surface area contributed by atoms with E-state index in [1.165, 1.54) is 12.1 Å². The van der Waals surface area contributed by atoms with E-state index in [1.54, 1.807) is 24.9 Å². The van der Waals surface area contributed by atoms with Crippen LogP contribution in [-0.4, -0.2) is 36.6 Å². The van der Waals surface area contributed by atoms with Crippen molar-refractivity contribution in [2.24, 2.45) is 0 Å². The fraction of sp³-hybridized carbons (Fsp3) is 0.435. The minimum absolute atomic E-state index is 0. The first-order valence-electron chi connectivity index (χ1n) is 10.0. The molecule has 2 aromatic rings. The van der Waals surface area contributed by atoms with Crippen LogP contribution in [0.15, 0.2) is 45.3 Å². The maximum Gasteiger partial charge on any atom is 0.223 e. The Hall–Kier alpha value is -1.02. The van der Waals surface area contributed by atoms with Crippen LogP contribution in [0.5, 0.6) is 0 Å². The number of benzene rings is 2. The summed E-state index contributed by atoms with van der Waals surface area (Å²) in [6.45, 7) is 3.35. The molecule has 8 heteroatoms. The van der Waals surface area contributed by atoms with Gasteiger partial charge in [0.25, 0.3) is 0 Å². The van der Waals surface area contributed by atoms with Gasteiger partial charge in [0.15, 0.2) is 0 Å². The Morgan fingerprint density at radius 1 is 1.16 bits per heavy atom. The zero-order chi connectivity index (χ0) is 21.9. The van der Waals surface area contributed by atoms with Gasteiger partial charge in [-0.3, -0.25) is 4.79 Å². The normalized spacial score (nSPS) is 16.3. The van der Waals surface area contributed by atoms with Crippen LogP contribution >= 0.6 is 44.3 Å². The highest BCUT2D eigenvalue weighted by Gasteiger charge is 2.42. The standard InChI is InChI=1S/C23H26Br2F2N2O.ClH/c1-15-9-19(26)3-4-20(15)21(23(27)5-7-28-8-6-23)13-22(30)29(2)14-16-10-17(24)12-18(25)11-16;/h3-4,9-12,21,28H,5-8,13-14H2,1-2H3;1H. The Labute approximate surface area is 205 Å². The molecule has 0 saturated carbocycles. The van der Waals surface area contributed by atoms with E-state index in [0.717, 1.165) is 14.5 Å². The van der Waals surface area contributed by atoms with Crippen LogP contribution in [0.25, 0.3) is 0 Å². The number of piperidine rings is 1. The molecule has 1 atom stereocenters. The average Bonchev–Trinajstić information content (AvgIpc) is 2.66. The summed E-state index contributed by atoms with van der Waals surface area (Å²) >= 11 is 6.93. The summed E-state index contributed by atoms with van der Waals surface area (Å²) in [7, 11) is 1.74. The molecular formula is C23H27Br2ClF2N2O. The number of nitrogens with one attached hydrogen (secondary N) is 1. The third-order valence-corrected chi connectivity index (χ3v) is 6.73. The molecule has 31 heavy (non-hydrogen) atoms. The fourth-order valence-corrected chi connectivity index (χ4v) is 5.58. The maximum absolute atomic E-state index is 16.0. The van der Waals surface area contributed by atoms with Crippen LogP contribution in [-0.2, 0) is 11.3 Å². The minimum atomic E-state index is -1.50. The van der Waals surface area contributed by atoms with Crippen LogP contribution in [0.1, 0.15) is 41.9 Å². The van der Waals surface area contributed by atoms with Crippen LogP contribution in [0.4, 0.5) is 8.78 Å². The smallest absolute Gasteiger partial charge is 0.223 e. The summed E-state index contributed by atoms with van der Waals surface area (Å²) < 4.78 is 31.5. The molecule has 1 aliphatic rings. The second-order valence-electron chi connectivity index (χ2n) is 8.07. The van der Waals surface area contributed by atoms with Crippen molar-refractivity contribution in [3.05, 3.63) is 67.9 Å². The molecule has 3 rings (SSSR count). The first-order chi connectivity index (χ1) is 14.2. The SMILES string of the molecule is Cc1cc(F)ccc1C(CC(=O)N(C)Cc1cc(Br)cc(Br)c1)C1(F)CCNCC1.Cl. The summed E-state index contributed by atoms with van der Waals surface area (Å²) in [5.41, 5.74) is 0.872. The van der Waals surface area contributed by atoms with Gasteiger partial charge in [0.2, 0.25) is 5.91 Å². The molecule has 0 spiro atoms. The molecule has 1 heterocycles. The summed E-state index contributed by atoms with van der Waals surface area (Å²) in [6, 6.07) is 10.3. The van der Waals surface area contributed by atoms with Gasteiger partial charge in [0, 0.05) is 34.9 Å². The van der Waals surface area contributed by atoms with Gasteiger partial charge in [-0.25, -0.2) is 8.78 Å². The highest BCUT2D eigenvalue weighted by atomic mass is 79.9. The number of nitrogens with zero attached hydrogens (tertiary/aromatic N) is 1. The lowest BCUT2D eigenvalue weighted by molar-refractivity contribution is -0.132. The van der Waals surface area contributed by atoms with E-state index in [4.69, 9.17) is 0 Å². The molecule has 170 valence electrons. The van der Waals surface area contributed by atoms with Crippen molar-refractivity contribution in [3.63, 3.8) is 0 Å². The second kappa shape index (κ2) is 11.2. The Kier molecular flexibility index (Phi) is 9.49. The van der Waals surface area contributed by atoms with Crippen molar-refractivity contribution in [2.45, 2.75) is 44.3 Å². The molecule has 0 aromatic heterocycles. The monoisotopic (exact) mass is 578 g/mol. The third kappa shape index (κ3) is 6.73. The number of hydrogen-bond acceptors (Lipinski definition) is 2. The van der Waals surface area contributed by atoms with Crippen molar-refractivity contribution < 1.29 is 13.6 Å². The highest BCUT2D eigenvalue weighted by Crippen LogP contribution is 2.42. The molecule has 3 nitrogen and oxygen atoms in total. The average molecular weight is 581 g/mol. The zero-order valence-electron chi connectivity index (χ0n) is 17.6. The Morgan fingerprint density at radius 3 is 2.35 bits per heavy atom. The summed E-state index contributed by atoms with van der Waals surface area (Å²) in [5.74, 6) is -1.09. The first kappa shape index (κ1) is 26.2. The predicted molar refractivity (Wildman–Crippen MR) is 130 cm³/mol. The van der Waals surface area contributed by atoms with E-state index in [-0.39, 0.29) is 30.6 Å². The number of rotatable bonds is 6. The minimum Gasteiger partial charge on any atom is -0.341 e. The van der Waals surface area contributed by atoms with Gasteiger partial charge in [-0.05, 0) is 79.9 Å². The van der Waals surface area contributed by atoms with E-state index < -0.39 is 11.6 Å². The molecule has 1 unspecified atom stereocenters. The number of halogens is 5. The number of aryl methyl sites for hydroxylation is 1. The Bertz CT molecular complexity index is 902. The second-order valence-corrected chi connectivity index (χ2v) is 9.90. The number of hydrogen-bond donors (Lipinski definition) is 1. The lowest BCUT2D eigenvalue weighted by Gasteiger charge is -2.38. The molecule has 2 aromatic carbocycles. The topological polar surface area (TPSA) is 32.3 Å². The predicted octanol–water partition coefficient (Wildman–Crippen LogP) is 6.30. The van der Waals surface area contributed by atoms with Gasteiger partial charge in [0.1, 0.15) is 11.5 Å². The molecule has 1 fully saturated rings. The van der Waals surface area contributed by atoms with Gasteiger partial charge < -0.3 is 10.2 Å². The van der Waals surface area contributed by atoms with Gasteiger partial charge in [-0.1, -0.05) is 37.9 Å². The number of carbonyl (C=O) groups excluding carboxylic acids is 1. The molecule has 1 N–H and O–H groups in total. The molecule has 0 radical (unpaired) electrons. The molecule has 1 amide bonds. The van der Waals surface area contributed by atoms with Crippen LogP contribution in [0.3, 0.4) is 0 Å². The van der Waals surface area contributed by atoms with Crippen LogP contribution in [0, 0.1) is 12.7 Å². The lowest BCUT2D eigenvalue weighted by atomic mass is 9.74. The highest BCUT2D eigenvalue weighted by molar-refractivity contribution is 9.11. The molecular weight excluding hydrogens is 554 g/mol. The Morgan fingerprint density at radius 2 is 1.77 bits per heavy atom. The van der Waals surface area contributed by atoms with Crippen LogP contribution < -0.4 is 5.32 Å². The van der Waals surface area contributed by atoms with Crippen molar-refractivity contribution in [1.82, 2.24) is 10.2 Å². The van der Waals surface area contributed by atoms with Crippen molar-refractivity contribution in [3.8, 4) is 0 Å². The lowest BCUT2D eigenvalue weighted by Crippen LogP contribution is -2.44. The van der Waals surface area contributed by atoms with Crippen LogP contribution in [0.2, 0.25) is 0 Å². The van der Waals surface area contributed by atoms with Gasteiger partial charge in [0.05, 0.1) is 0 Å². The largest absolute Gasteiger partial charge is 0.341 e. The van der Waals surface area contributed by atoms with Crippen molar-refractivity contribution in [1.29, 1.82) is 0 Å². The van der Waals surface area contributed by atoms with Crippen molar-refractivity contribution in [2.75, 3.05) is 20.1 Å². The number of amides is 1. The quantitative estimate of drug-likeness (QED) is 0.435. The van der Waals surface area contributed by atoms with Gasteiger partial charge >= 0.3 is 0 Å². The number of carbonyl (C=O) groups is 1. The van der Waals surface area contributed by atoms with E-state index in [1.807, 2.05) is 18.2 Å². The summed E-state index contributed by atoms with van der Waals surface area (Å²) in [6.07, 6.45) is 0.725. The molecule has 0 aliphatic carbocycles. The van der Waals surface area contributed by atoms with Gasteiger partial charge in [-0.15, -0.1) is 12.4 Å². The maximum atomic E-state index is 16.0. The van der Waals surface area contributed by atoms with Gasteiger partial charge in [-0.2, -0.15) is 0 Å². The number of alkyl halides is 1. The molecule has 1 saturated heterocycles.